The van der Waals surface area contributed by atoms with Crippen molar-refractivity contribution in [1.82, 2.24) is 28.5 Å². The molecule has 0 fully saturated rings. The molecule has 0 saturated carbocycles. The highest BCUT2D eigenvalue weighted by Crippen LogP contribution is 2.35. The first-order chi connectivity index (χ1) is 30.1. The van der Waals surface area contributed by atoms with Crippen molar-refractivity contribution in [2.24, 2.45) is 0 Å². The van der Waals surface area contributed by atoms with Crippen LogP contribution in [0.25, 0.3) is 72.7 Å². The number of rotatable bonds is 9. The fraction of sp³-hybridized carbons (Fsp3) is 0.0185. The van der Waals surface area contributed by atoms with Crippen molar-refractivity contribution in [3.8, 4) is 23.0 Å². The number of nitrogens with zero attached hydrogens (tertiary/aromatic N) is 6. The molecule has 11 aromatic rings. The molecule has 7 heteroatoms. The van der Waals surface area contributed by atoms with Crippen molar-refractivity contribution in [3.63, 3.8) is 0 Å². The second-order valence-corrected chi connectivity index (χ2v) is 19.2. The Morgan fingerprint density at radius 2 is 1.05 bits per heavy atom. The Morgan fingerprint density at radius 1 is 0.492 bits per heavy atom. The molecular weight excluding hydrogens is 761 g/mol. The van der Waals surface area contributed by atoms with E-state index in [9.17, 15) is 0 Å². The van der Waals surface area contributed by atoms with E-state index in [1.54, 1.807) is 0 Å². The van der Waals surface area contributed by atoms with E-state index in [-0.39, 0.29) is 0 Å². The molecule has 0 atom stereocenters. The number of imidazole rings is 2. The van der Waals surface area contributed by atoms with E-state index in [0.717, 1.165) is 61.3 Å². The Morgan fingerprint density at radius 3 is 1.69 bits per heavy atom. The third-order valence-corrected chi connectivity index (χ3v) is 16.6. The van der Waals surface area contributed by atoms with Gasteiger partial charge in [-0.05, 0) is 58.9 Å². The highest BCUT2D eigenvalue weighted by atomic mass is 28.3. The molecule has 7 aromatic carbocycles. The fourth-order valence-electron chi connectivity index (χ4n) is 9.24. The third kappa shape index (κ3) is 5.73. The van der Waals surface area contributed by atoms with Crippen molar-refractivity contribution in [1.29, 1.82) is 0 Å². The van der Waals surface area contributed by atoms with Crippen LogP contribution in [0.2, 0.25) is 0 Å². The molecule has 0 aliphatic rings. The van der Waals surface area contributed by atoms with Gasteiger partial charge in [-0.2, -0.15) is 0 Å². The Bertz CT molecular complexity index is 3410. The molecule has 290 valence electrons. The molecule has 11 rings (SSSR count). The Kier molecular flexibility index (Phi) is 8.76. The van der Waals surface area contributed by atoms with Gasteiger partial charge in [0.1, 0.15) is 11.6 Å². The lowest BCUT2D eigenvalue weighted by atomic mass is 10.2. The molecule has 0 aliphatic heterocycles. The zero-order valence-corrected chi connectivity index (χ0v) is 34.6. The van der Waals surface area contributed by atoms with Gasteiger partial charge in [-0.25, -0.2) is 15.0 Å². The summed E-state index contributed by atoms with van der Waals surface area (Å²) < 4.78 is 6.77. The molecule has 4 aromatic heterocycles. The number of hydrogen-bond donors (Lipinski definition) is 0. The Labute approximate surface area is 354 Å². The van der Waals surface area contributed by atoms with Crippen LogP contribution in [0.5, 0.6) is 0 Å². The molecule has 0 saturated heterocycles. The first kappa shape index (κ1) is 36.2. The highest BCUT2D eigenvalue weighted by molar-refractivity contribution is 7.16. The largest absolute Gasteiger partial charge is 0.294 e. The smallest absolute Gasteiger partial charge is 0.221 e. The summed E-state index contributed by atoms with van der Waals surface area (Å²) in [5.41, 5.74) is 7.05. The van der Waals surface area contributed by atoms with E-state index >= 15 is 0 Å². The number of aromatic nitrogens is 6. The van der Waals surface area contributed by atoms with Crippen LogP contribution in [-0.4, -0.2) is 36.6 Å². The molecular formula is C54H40N6Si. The summed E-state index contributed by atoms with van der Waals surface area (Å²) in [4.78, 5) is 16.1. The molecule has 0 amide bonds. The van der Waals surface area contributed by atoms with Crippen LogP contribution in [0, 0.1) is 0 Å². The SMILES string of the molecule is C=C(/C=C\C=C/C)[Si](c1ccccc1)(c1ccccc1)c1ccc2c(c1)n1c3ccccc3nc1n2-c1cc(-n2c3ccccc3c3ccccc32)nc(-c2ccccc2)n1. The number of hydrogen-bond acceptors (Lipinski definition) is 3. The summed E-state index contributed by atoms with van der Waals surface area (Å²) in [6, 6.07) is 66.6. The minimum atomic E-state index is -2.94. The average Bonchev–Trinajstić information content (AvgIpc) is 3.97. The van der Waals surface area contributed by atoms with Crippen LogP contribution in [0.4, 0.5) is 0 Å². The van der Waals surface area contributed by atoms with Gasteiger partial charge in [-0.1, -0.05) is 182 Å². The summed E-state index contributed by atoms with van der Waals surface area (Å²) in [6.07, 6.45) is 8.44. The van der Waals surface area contributed by atoms with Crippen LogP contribution >= 0.6 is 0 Å². The van der Waals surface area contributed by atoms with Gasteiger partial charge in [0.2, 0.25) is 5.78 Å². The van der Waals surface area contributed by atoms with Crippen molar-refractivity contribution in [2.45, 2.75) is 6.92 Å². The topological polar surface area (TPSA) is 52.9 Å². The predicted molar refractivity (Wildman–Crippen MR) is 256 cm³/mol. The molecule has 0 N–H and O–H groups in total. The fourth-order valence-corrected chi connectivity index (χ4v) is 13.8. The van der Waals surface area contributed by atoms with Crippen LogP contribution in [0.1, 0.15) is 6.92 Å². The van der Waals surface area contributed by atoms with E-state index in [1.807, 2.05) is 25.1 Å². The lowest BCUT2D eigenvalue weighted by Crippen LogP contribution is -2.68. The number of para-hydroxylation sites is 4. The Hall–Kier alpha value is -7.87. The molecule has 0 bridgehead atoms. The van der Waals surface area contributed by atoms with Crippen molar-refractivity contribution >= 4 is 73.3 Å². The maximum atomic E-state index is 5.39. The summed E-state index contributed by atoms with van der Waals surface area (Å²) in [5.74, 6) is 2.91. The third-order valence-electron chi connectivity index (χ3n) is 11.9. The van der Waals surface area contributed by atoms with E-state index in [0.29, 0.717) is 5.82 Å². The van der Waals surface area contributed by atoms with E-state index in [4.69, 9.17) is 21.5 Å². The molecule has 0 radical (unpaired) electrons. The van der Waals surface area contributed by atoms with Crippen LogP contribution in [0.15, 0.2) is 224 Å². The zero-order chi connectivity index (χ0) is 40.9. The molecule has 61 heavy (non-hydrogen) atoms. The summed E-state index contributed by atoms with van der Waals surface area (Å²) >= 11 is 0. The van der Waals surface area contributed by atoms with Gasteiger partial charge in [-0.15, -0.1) is 0 Å². The normalized spacial score (nSPS) is 12.3. The van der Waals surface area contributed by atoms with Crippen molar-refractivity contribution in [2.75, 3.05) is 0 Å². The van der Waals surface area contributed by atoms with Crippen molar-refractivity contribution in [3.05, 3.63) is 224 Å². The lowest BCUT2D eigenvalue weighted by molar-refractivity contribution is 0.980. The van der Waals surface area contributed by atoms with Crippen LogP contribution in [0.3, 0.4) is 0 Å². The lowest BCUT2D eigenvalue weighted by Gasteiger charge is -2.34. The Balaban J connectivity index is 1.24. The first-order valence-corrected chi connectivity index (χ1v) is 22.6. The minimum Gasteiger partial charge on any atom is -0.294 e. The monoisotopic (exact) mass is 800 g/mol. The van der Waals surface area contributed by atoms with E-state index < -0.39 is 8.07 Å². The van der Waals surface area contributed by atoms with Gasteiger partial charge in [0.25, 0.3) is 0 Å². The highest BCUT2D eigenvalue weighted by Gasteiger charge is 2.42. The molecule has 0 aliphatic carbocycles. The van der Waals surface area contributed by atoms with Gasteiger partial charge in [0.15, 0.2) is 13.9 Å². The van der Waals surface area contributed by atoms with E-state index in [1.165, 1.54) is 26.3 Å². The predicted octanol–water partition coefficient (Wildman–Crippen LogP) is 10.7. The average molecular weight is 801 g/mol. The molecule has 0 spiro atoms. The number of fused-ring (bicyclic) bond motifs is 8. The summed E-state index contributed by atoms with van der Waals surface area (Å²) in [5, 5.41) is 7.19. The van der Waals surface area contributed by atoms with Crippen LogP contribution in [-0.2, 0) is 0 Å². The minimum absolute atomic E-state index is 0.631. The number of benzene rings is 7. The second-order valence-electron chi connectivity index (χ2n) is 15.3. The van der Waals surface area contributed by atoms with Gasteiger partial charge >= 0.3 is 0 Å². The van der Waals surface area contributed by atoms with Gasteiger partial charge in [0, 0.05) is 22.4 Å². The standard InChI is InChI=1S/C54H40N6Si/c1-3-4-8-21-38(2)61(40-24-11-6-12-25-40,41-26-13-7-14-27-41)42-34-35-49-50(36-42)59-48-33-20-17-30-45(48)55-54(59)60(49)52-37-51(56-53(57-52)39-22-9-5-10-23-39)58-46-31-18-15-28-43(46)44-29-16-19-32-47(44)58/h3-37H,2H2,1H3/b4-3-,21-8-. The molecule has 0 unspecified atom stereocenters. The summed E-state index contributed by atoms with van der Waals surface area (Å²) in [7, 11) is -2.94. The van der Waals surface area contributed by atoms with Gasteiger partial charge in [-0.3, -0.25) is 13.5 Å². The first-order valence-electron chi connectivity index (χ1n) is 20.6. The van der Waals surface area contributed by atoms with Gasteiger partial charge in [0.05, 0.1) is 33.1 Å². The summed E-state index contributed by atoms with van der Waals surface area (Å²) in [6.45, 7) is 6.92. The second kappa shape index (κ2) is 14.7. The van der Waals surface area contributed by atoms with Crippen molar-refractivity contribution < 1.29 is 0 Å². The molecule has 6 nitrogen and oxygen atoms in total. The van der Waals surface area contributed by atoms with Gasteiger partial charge < -0.3 is 0 Å². The number of allylic oxidation sites excluding steroid dienone is 5. The van der Waals surface area contributed by atoms with E-state index in [2.05, 4.69) is 208 Å². The maximum absolute atomic E-state index is 5.39. The zero-order valence-electron chi connectivity index (χ0n) is 33.6. The molecule has 4 heterocycles. The van der Waals surface area contributed by atoms with Crippen LogP contribution < -0.4 is 15.6 Å². The quantitative estimate of drug-likeness (QED) is 0.0830. The maximum Gasteiger partial charge on any atom is 0.221 e.